The number of amides is 4. The Morgan fingerprint density at radius 1 is 0.400 bits per heavy atom. The monoisotopic (exact) mass is 1370 g/mol. The summed E-state index contributed by atoms with van der Waals surface area (Å²) in [5.41, 5.74) is 8.50. The molecule has 0 fully saturated rings. The van der Waals surface area contributed by atoms with E-state index in [1.165, 1.54) is 9.36 Å². The molecule has 4 aromatic carbocycles. The minimum absolute atomic E-state index is 0.0607. The van der Waals surface area contributed by atoms with Crippen molar-refractivity contribution in [2.75, 3.05) is 36.1 Å². The van der Waals surface area contributed by atoms with Crippen molar-refractivity contribution in [2.45, 2.75) is 212 Å². The van der Waals surface area contributed by atoms with Crippen LogP contribution in [-0.2, 0) is 83.6 Å². The highest BCUT2D eigenvalue weighted by Crippen LogP contribution is 2.43. The summed E-state index contributed by atoms with van der Waals surface area (Å²) in [5, 5.41) is 23.1. The van der Waals surface area contributed by atoms with E-state index in [1.54, 1.807) is 9.80 Å². The van der Waals surface area contributed by atoms with Crippen LogP contribution < -0.4 is 20.4 Å². The number of carbonyl (C=O) groups excluding carboxylic acids is 10. The highest BCUT2D eigenvalue weighted by molar-refractivity contribution is 6.09. The Hall–Kier alpha value is -9.34. The summed E-state index contributed by atoms with van der Waals surface area (Å²) in [5.74, 6) is -3.03. The summed E-state index contributed by atoms with van der Waals surface area (Å²) < 4.78 is 13.4. The molecular formula is C78H102N10O12. The van der Waals surface area contributed by atoms with Gasteiger partial charge in [0.05, 0.1) is 61.8 Å². The highest BCUT2D eigenvalue weighted by Gasteiger charge is 2.33. The Kier molecular flexibility index (Phi) is 27.8. The third-order valence-electron chi connectivity index (χ3n) is 17.0. The first-order valence-corrected chi connectivity index (χ1v) is 35.0. The minimum atomic E-state index is -0.612. The van der Waals surface area contributed by atoms with Gasteiger partial charge in [0, 0.05) is 47.9 Å². The van der Waals surface area contributed by atoms with Gasteiger partial charge in [0.2, 0.25) is 23.6 Å². The van der Waals surface area contributed by atoms with Crippen LogP contribution in [0.15, 0.2) is 97.1 Å². The molecule has 8 rings (SSSR count). The van der Waals surface area contributed by atoms with Crippen LogP contribution in [0.2, 0.25) is 0 Å². The number of ether oxygens (including phenoxy) is 2. The van der Waals surface area contributed by atoms with Gasteiger partial charge in [-0.15, -0.1) is 10.2 Å². The third kappa shape index (κ3) is 24.5. The van der Waals surface area contributed by atoms with E-state index in [9.17, 15) is 47.9 Å². The number of rotatable bonds is 30. The van der Waals surface area contributed by atoms with Gasteiger partial charge in [0.1, 0.15) is 73.7 Å². The fourth-order valence-electron chi connectivity index (χ4n) is 12.0. The van der Waals surface area contributed by atoms with E-state index in [0.29, 0.717) is 71.0 Å². The normalized spacial score (nSPS) is 12.6. The molecule has 0 spiro atoms. The van der Waals surface area contributed by atoms with Crippen molar-refractivity contribution in [3.63, 3.8) is 0 Å². The molecule has 100 heavy (non-hydrogen) atoms. The lowest BCUT2D eigenvalue weighted by molar-refractivity contribution is -0.147. The van der Waals surface area contributed by atoms with E-state index in [0.717, 1.165) is 73.6 Å². The van der Waals surface area contributed by atoms with Crippen LogP contribution in [0.5, 0.6) is 0 Å². The quantitative estimate of drug-likeness (QED) is 0.0241. The van der Waals surface area contributed by atoms with Gasteiger partial charge in [-0.05, 0) is 96.3 Å². The van der Waals surface area contributed by atoms with Gasteiger partial charge in [-0.25, -0.2) is 9.36 Å². The van der Waals surface area contributed by atoms with Crippen molar-refractivity contribution in [3.8, 4) is 45.0 Å². The number of hydrogen-bond donors (Lipinski definition) is 2. The lowest BCUT2D eigenvalue weighted by atomic mass is 9.89. The van der Waals surface area contributed by atoms with Gasteiger partial charge in [0.25, 0.3) is 0 Å². The van der Waals surface area contributed by atoms with E-state index in [4.69, 9.17) is 9.47 Å². The number of ketones is 4. The number of hydrogen-bond acceptors (Lipinski definition) is 16. The smallest absolute Gasteiger partial charge is 0.313 e. The summed E-state index contributed by atoms with van der Waals surface area (Å²) in [6.45, 7) is 25.6. The summed E-state index contributed by atoms with van der Waals surface area (Å²) in [4.78, 5) is 131. The number of nitrogens with zero attached hydrogens (tertiary/aromatic N) is 8. The number of carbonyl (C=O) groups is 10. The van der Waals surface area contributed by atoms with Crippen LogP contribution in [0.1, 0.15) is 197 Å². The molecule has 0 saturated heterocycles. The Morgan fingerprint density at radius 2 is 0.720 bits per heavy atom. The zero-order valence-electron chi connectivity index (χ0n) is 60.7. The van der Waals surface area contributed by atoms with Crippen LogP contribution in [0, 0.1) is 21.7 Å². The first kappa shape index (κ1) is 78.0. The van der Waals surface area contributed by atoms with Gasteiger partial charge < -0.3 is 29.9 Å². The molecule has 0 radical (unpaired) electrons. The SMILES string of the molecule is CC(C)(C)CCCC(=O)CC(=O)OCCNC(=O)Cn1nnc2c1-c1ccccc1CN(C(=O)CC(=O)CCCC(C)(C)C)c1ccccc1-2.CC(C)(C)CCCC(=O)CC(=O)OCCNC(=O)Cn1nnc2c1-c1ccccc1N(C(=O)CC(=O)CCCC(C)(C)C)Cc1ccccc1-2. The van der Waals surface area contributed by atoms with E-state index >= 15 is 0 Å². The Balaban J connectivity index is 0.000000281. The molecule has 4 heterocycles. The molecule has 0 unspecified atom stereocenters. The van der Waals surface area contributed by atoms with E-state index in [2.05, 4.69) is 114 Å². The second-order valence-corrected chi connectivity index (χ2v) is 30.9. The fourth-order valence-corrected chi connectivity index (χ4v) is 12.0. The fraction of sp³-hybridized carbons (Fsp3) is 0.513. The first-order chi connectivity index (χ1) is 47.2. The molecule has 22 nitrogen and oxygen atoms in total. The molecule has 536 valence electrons. The van der Waals surface area contributed by atoms with E-state index < -0.39 is 11.9 Å². The number of Topliss-reactive ketones (excluding diaryl/α,β-unsaturated/α-hetero) is 4. The number of anilines is 2. The predicted octanol–water partition coefficient (Wildman–Crippen LogP) is 12.9. The second-order valence-electron chi connectivity index (χ2n) is 30.9. The van der Waals surface area contributed by atoms with Crippen molar-refractivity contribution in [1.82, 2.24) is 40.6 Å². The Morgan fingerprint density at radius 3 is 1.13 bits per heavy atom. The van der Waals surface area contributed by atoms with Crippen molar-refractivity contribution in [1.29, 1.82) is 0 Å². The number of benzene rings is 4. The molecule has 2 aliphatic rings. The standard InChI is InChI=1S/2C39H51N5O6/c1-38(2,3)19-11-14-28(45)23-34(48)43-25-27-13-7-8-16-30(27)37-36(31-17-9-10-18-32(31)43)41-42-44(37)26-33(47)40-21-22-50-35(49)24-29(46)15-12-20-39(4,5)6;1-38(2,3)19-11-14-28(45)23-34(48)43-25-27-13-7-8-16-30(27)36-37(31-17-9-10-18-32(31)43)44(42-41-36)26-33(47)40-21-22-50-35(49)24-29(46)15-12-20-39(4,5)6/h2*7-10,13,16-18H,11-12,14-15,19-26H2,1-6H3,(H,40,47). The molecule has 6 aromatic rings. The molecule has 2 aromatic heterocycles. The molecule has 0 bridgehead atoms. The van der Waals surface area contributed by atoms with Crippen LogP contribution in [0.3, 0.4) is 0 Å². The minimum Gasteiger partial charge on any atom is -0.463 e. The molecular weight excluding hydrogens is 1270 g/mol. The van der Waals surface area contributed by atoms with Gasteiger partial charge in [-0.1, -0.05) is 178 Å². The molecule has 0 aliphatic carbocycles. The lowest BCUT2D eigenvalue weighted by Gasteiger charge is -2.28. The van der Waals surface area contributed by atoms with E-state index in [1.807, 2.05) is 97.1 Å². The topological polar surface area (TPSA) is 281 Å². The van der Waals surface area contributed by atoms with Gasteiger partial charge in [-0.3, -0.25) is 47.9 Å². The first-order valence-electron chi connectivity index (χ1n) is 35.0. The maximum Gasteiger partial charge on any atom is 0.313 e. The molecule has 0 atom stereocenters. The number of fused-ring (bicyclic) bond motifs is 10. The van der Waals surface area contributed by atoms with Crippen molar-refractivity contribution < 1.29 is 57.4 Å². The van der Waals surface area contributed by atoms with Gasteiger partial charge in [-0.2, -0.15) is 0 Å². The Labute approximate surface area is 588 Å². The average molecular weight is 1370 g/mol. The number of esters is 2. The summed E-state index contributed by atoms with van der Waals surface area (Å²) in [6.07, 6.45) is 6.91. The number of para-hydroxylation sites is 2. The largest absolute Gasteiger partial charge is 0.463 e. The van der Waals surface area contributed by atoms with Crippen LogP contribution in [0.25, 0.3) is 45.0 Å². The summed E-state index contributed by atoms with van der Waals surface area (Å²) in [6, 6.07) is 29.9. The molecule has 0 saturated carbocycles. The lowest BCUT2D eigenvalue weighted by Crippen LogP contribution is -2.34. The van der Waals surface area contributed by atoms with Crippen molar-refractivity contribution >= 4 is 70.1 Å². The summed E-state index contributed by atoms with van der Waals surface area (Å²) in [7, 11) is 0. The molecule has 4 amide bonds. The number of nitrogens with one attached hydrogen (secondary N) is 2. The van der Waals surface area contributed by atoms with Crippen LogP contribution in [0.4, 0.5) is 11.4 Å². The van der Waals surface area contributed by atoms with E-state index in [-0.39, 0.29) is 147 Å². The maximum atomic E-state index is 13.8. The maximum absolute atomic E-state index is 13.8. The molecule has 2 aliphatic heterocycles. The van der Waals surface area contributed by atoms with Crippen molar-refractivity contribution in [3.05, 3.63) is 108 Å². The van der Waals surface area contributed by atoms with Gasteiger partial charge in [0.15, 0.2) is 0 Å². The second kappa shape index (κ2) is 35.6. The molecule has 22 heteroatoms. The third-order valence-corrected chi connectivity index (χ3v) is 17.0. The van der Waals surface area contributed by atoms with Crippen LogP contribution in [-0.4, -0.2) is 115 Å². The van der Waals surface area contributed by atoms with Gasteiger partial charge >= 0.3 is 11.9 Å². The zero-order valence-corrected chi connectivity index (χ0v) is 60.7. The Bertz CT molecular complexity index is 3890. The van der Waals surface area contributed by atoms with Crippen molar-refractivity contribution in [2.24, 2.45) is 21.7 Å². The summed E-state index contributed by atoms with van der Waals surface area (Å²) >= 11 is 0. The zero-order chi connectivity index (χ0) is 73.0. The molecule has 2 N–H and O–H groups in total. The average Bonchev–Trinajstić information content (AvgIpc) is 1.50. The number of aromatic nitrogens is 6. The van der Waals surface area contributed by atoms with Crippen LogP contribution >= 0.6 is 0 Å². The highest BCUT2D eigenvalue weighted by atomic mass is 16.5. The predicted molar refractivity (Wildman–Crippen MR) is 384 cm³/mol.